The van der Waals surface area contributed by atoms with Crippen LogP contribution in [0.1, 0.15) is 81.0 Å². The van der Waals surface area contributed by atoms with Crippen molar-refractivity contribution < 1.29 is 24.9 Å². The van der Waals surface area contributed by atoms with Crippen molar-refractivity contribution in [3.05, 3.63) is 86.8 Å². The van der Waals surface area contributed by atoms with E-state index in [2.05, 4.69) is 4.98 Å². The normalized spacial score (nSPS) is 14.7. The lowest BCUT2D eigenvalue weighted by Crippen LogP contribution is -2.04. The van der Waals surface area contributed by atoms with E-state index in [4.69, 9.17) is 0 Å². The van der Waals surface area contributed by atoms with Gasteiger partial charge in [-0.3, -0.25) is 4.79 Å². The second-order valence-corrected chi connectivity index (χ2v) is 11.1. The van der Waals surface area contributed by atoms with Gasteiger partial charge in [0.1, 0.15) is 15.5 Å². The minimum Gasteiger partial charge on any atom is -0.506 e. The Labute approximate surface area is 225 Å². The average Bonchev–Trinajstić information content (AvgIpc) is 3.54. The van der Waals surface area contributed by atoms with Gasteiger partial charge in [-0.05, 0) is 48.8 Å². The number of aromatic hydroxyl groups is 1. The molecule has 4 aromatic rings. The molecule has 5 rings (SSSR count). The van der Waals surface area contributed by atoms with E-state index in [1.54, 1.807) is 6.20 Å². The van der Waals surface area contributed by atoms with Crippen LogP contribution < -0.4 is 0 Å². The summed E-state index contributed by atoms with van der Waals surface area (Å²) < 4.78 is 0. The summed E-state index contributed by atoms with van der Waals surface area (Å²) in [5, 5.41) is 31.1. The summed E-state index contributed by atoms with van der Waals surface area (Å²) in [6, 6.07) is 13.4. The molecule has 1 fully saturated rings. The maximum absolute atomic E-state index is 13.6. The Morgan fingerprint density at radius 3 is 2.47 bits per heavy atom. The Hall–Kier alpha value is -3.68. The summed E-state index contributed by atoms with van der Waals surface area (Å²) in [5.74, 6) is -1.39. The van der Waals surface area contributed by atoms with Crippen LogP contribution in [0.3, 0.4) is 0 Å². The van der Waals surface area contributed by atoms with Crippen LogP contribution in [0.25, 0.3) is 22.0 Å². The number of H-pyrrole nitrogens is 1. The van der Waals surface area contributed by atoms with Gasteiger partial charge in [0.25, 0.3) is 0 Å². The molecule has 0 bridgehead atoms. The molecule has 0 saturated heterocycles. The molecule has 0 amide bonds. The molecule has 4 N–H and O–H groups in total. The van der Waals surface area contributed by atoms with Crippen LogP contribution >= 0.6 is 11.3 Å². The first-order valence-corrected chi connectivity index (χ1v) is 13.8. The Morgan fingerprint density at radius 1 is 1.05 bits per heavy atom. The van der Waals surface area contributed by atoms with Crippen molar-refractivity contribution in [1.29, 1.82) is 0 Å². The number of aromatic nitrogens is 1. The Balaban J connectivity index is 1.51. The SMILES string of the molecule is C/C(=C/Cc1cccc2c(C(=O)c3sc(C(=O)O)c(-c4ccc(C5CCCCC5)cc4)c3O)c[nH]c12)CO. The van der Waals surface area contributed by atoms with Gasteiger partial charge >= 0.3 is 5.97 Å². The Morgan fingerprint density at radius 2 is 1.79 bits per heavy atom. The number of aromatic carboxylic acids is 1. The van der Waals surface area contributed by atoms with Crippen LogP contribution in [0.5, 0.6) is 5.75 Å². The second kappa shape index (κ2) is 11.0. The molecule has 196 valence electrons. The zero-order chi connectivity index (χ0) is 26.8. The van der Waals surface area contributed by atoms with Gasteiger partial charge in [0.05, 0.1) is 6.61 Å². The number of hydrogen-bond acceptors (Lipinski definition) is 5. The molecule has 0 spiro atoms. The third-order valence-electron chi connectivity index (χ3n) is 7.53. The molecule has 0 unspecified atom stereocenters. The molecule has 0 aliphatic heterocycles. The number of aromatic amines is 1. The van der Waals surface area contributed by atoms with Gasteiger partial charge in [0.15, 0.2) is 0 Å². The number of fused-ring (bicyclic) bond motifs is 1. The number of carboxylic acids is 1. The highest BCUT2D eigenvalue weighted by Crippen LogP contribution is 2.44. The predicted octanol–water partition coefficient (Wildman–Crippen LogP) is 7.06. The lowest BCUT2D eigenvalue weighted by molar-refractivity contribution is 0.0702. The Bertz CT molecular complexity index is 1520. The molecule has 38 heavy (non-hydrogen) atoms. The van der Waals surface area contributed by atoms with E-state index in [0.29, 0.717) is 28.9 Å². The number of aliphatic hydroxyl groups is 1. The molecule has 0 atom stereocenters. The molecule has 6 nitrogen and oxygen atoms in total. The van der Waals surface area contributed by atoms with Gasteiger partial charge in [-0.1, -0.05) is 73.4 Å². The maximum Gasteiger partial charge on any atom is 0.346 e. The fourth-order valence-corrected chi connectivity index (χ4v) is 6.41. The van der Waals surface area contributed by atoms with Crippen molar-refractivity contribution >= 4 is 34.0 Å². The number of carboxylic acid groups (broad SMARTS) is 1. The number of carbonyl (C=O) groups is 2. The number of benzene rings is 2. The van der Waals surface area contributed by atoms with Gasteiger partial charge in [0.2, 0.25) is 5.78 Å². The van der Waals surface area contributed by atoms with Crippen LogP contribution in [0.4, 0.5) is 0 Å². The minimum absolute atomic E-state index is 0.0103. The summed E-state index contributed by atoms with van der Waals surface area (Å²) in [6.07, 6.45) is 10.2. The quantitative estimate of drug-likeness (QED) is 0.144. The molecule has 1 aliphatic rings. The average molecular weight is 530 g/mol. The van der Waals surface area contributed by atoms with Crippen molar-refractivity contribution in [3.63, 3.8) is 0 Å². The monoisotopic (exact) mass is 529 g/mol. The Kier molecular flexibility index (Phi) is 7.49. The molecule has 2 aromatic heterocycles. The van der Waals surface area contributed by atoms with Gasteiger partial charge in [-0.25, -0.2) is 4.79 Å². The number of ketones is 1. The number of para-hydroxylation sites is 1. The third kappa shape index (κ3) is 4.91. The highest BCUT2D eigenvalue weighted by molar-refractivity contribution is 7.17. The zero-order valence-corrected chi connectivity index (χ0v) is 22.1. The second-order valence-electron chi connectivity index (χ2n) is 10.0. The maximum atomic E-state index is 13.6. The van der Waals surface area contributed by atoms with Crippen molar-refractivity contribution in [1.82, 2.24) is 4.98 Å². The van der Waals surface area contributed by atoms with Crippen LogP contribution in [0.2, 0.25) is 0 Å². The molecular weight excluding hydrogens is 498 g/mol. The zero-order valence-electron chi connectivity index (χ0n) is 21.3. The van der Waals surface area contributed by atoms with Crippen LogP contribution in [0, 0.1) is 0 Å². The van der Waals surface area contributed by atoms with Gasteiger partial charge < -0.3 is 20.3 Å². The standard InChI is InChI=1S/C31H31NO5S/c1-18(17-33)10-11-22-8-5-9-23-24(16-32-26(22)23)27(34)30-28(35)25(29(38-30)31(36)37)21-14-12-20(13-15-21)19-6-3-2-4-7-19/h5,8-10,12-16,19,32-33,35H,2-4,6-7,11,17H2,1H3,(H,36,37)/b18-10-. The first-order valence-electron chi connectivity index (χ1n) is 13.0. The largest absolute Gasteiger partial charge is 0.506 e. The summed E-state index contributed by atoms with van der Waals surface area (Å²) in [4.78, 5) is 28.9. The van der Waals surface area contributed by atoms with Gasteiger partial charge in [-0.2, -0.15) is 0 Å². The third-order valence-corrected chi connectivity index (χ3v) is 8.69. The number of thiophene rings is 1. The summed E-state index contributed by atoms with van der Waals surface area (Å²) in [6.45, 7) is 1.84. The van der Waals surface area contributed by atoms with E-state index >= 15 is 0 Å². The first-order chi connectivity index (χ1) is 18.4. The van der Waals surface area contributed by atoms with Gasteiger partial charge in [-0.15, -0.1) is 11.3 Å². The highest BCUT2D eigenvalue weighted by Gasteiger charge is 2.29. The van der Waals surface area contributed by atoms with E-state index < -0.39 is 11.8 Å². The summed E-state index contributed by atoms with van der Waals surface area (Å²) >= 11 is 0.807. The molecule has 2 heterocycles. The van der Waals surface area contributed by atoms with Crippen molar-refractivity contribution in [3.8, 4) is 16.9 Å². The summed E-state index contributed by atoms with van der Waals surface area (Å²) in [5.41, 5.74) is 5.00. The van der Waals surface area contributed by atoms with Crippen molar-refractivity contribution in [2.24, 2.45) is 0 Å². The number of allylic oxidation sites excluding steroid dienone is 1. The van der Waals surface area contributed by atoms with Crippen molar-refractivity contribution in [2.75, 3.05) is 6.61 Å². The van der Waals surface area contributed by atoms with E-state index in [9.17, 15) is 24.9 Å². The van der Waals surface area contributed by atoms with E-state index in [1.165, 1.54) is 24.8 Å². The highest BCUT2D eigenvalue weighted by atomic mass is 32.1. The lowest BCUT2D eigenvalue weighted by Gasteiger charge is -2.22. The number of rotatable bonds is 8. The molecule has 2 aromatic carbocycles. The number of hydrogen-bond donors (Lipinski definition) is 4. The topological polar surface area (TPSA) is 111 Å². The lowest BCUT2D eigenvalue weighted by atomic mass is 9.83. The minimum atomic E-state index is -1.18. The molecular formula is C31H31NO5S. The predicted molar refractivity (Wildman–Crippen MR) is 150 cm³/mol. The fraction of sp³-hybridized carbons (Fsp3) is 0.290. The molecule has 0 radical (unpaired) electrons. The van der Waals surface area contributed by atoms with Gasteiger partial charge in [0, 0.05) is 28.2 Å². The van der Waals surface area contributed by atoms with E-state index in [0.717, 1.165) is 40.8 Å². The molecule has 7 heteroatoms. The number of nitrogens with one attached hydrogen (secondary N) is 1. The van der Waals surface area contributed by atoms with Crippen LogP contribution in [0.15, 0.2) is 60.3 Å². The first kappa shape index (κ1) is 25.9. The smallest absolute Gasteiger partial charge is 0.346 e. The van der Waals surface area contributed by atoms with E-state index in [-0.39, 0.29) is 27.7 Å². The molecule has 1 aliphatic carbocycles. The van der Waals surface area contributed by atoms with Crippen LogP contribution in [-0.2, 0) is 6.42 Å². The summed E-state index contributed by atoms with van der Waals surface area (Å²) in [7, 11) is 0. The van der Waals surface area contributed by atoms with Crippen molar-refractivity contribution in [2.45, 2.75) is 51.4 Å². The molecule has 1 saturated carbocycles. The number of carbonyl (C=O) groups excluding carboxylic acids is 1. The van der Waals surface area contributed by atoms with E-state index in [1.807, 2.05) is 55.5 Å². The van der Waals surface area contributed by atoms with Crippen LogP contribution in [-0.4, -0.2) is 38.7 Å². The fourth-order valence-electron chi connectivity index (χ4n) is 5.40. The number of aliphatic hydroxyl groups excluding tert-OH is 1.